The number of amides is 1. The lowest BCUT2D eigenvalue weighted by atomic mass is 10.2. The summed E-state index contributed by atoms with van der Waals surface area (Å²) in [7, 11) is 0. The van der Waals surface area contributed by atoms with Crippen LogP contribution < -0.4 is 4.74 Å². The average molecular weight is 342 g/mol. The lowest BCUT2D eigenvalue weighted by Gasteiger charge is -2.35. The van der Waals surface area contributed by atoms with Gasteiger partial charge < -0.3 is 19.1 Å². The van der Waals surface area contributed by atoms with E-state index in [0.29, 0.717) is 23.9 Å². The van der Waals surface area contributed by atoms with E-state index in [1.807, 2.05) is 13.8 Å². The number of rotatable bonds is 5. The maximum absolute atomic E-state index is 12.0. The van der Waals surface area contributed by atoms with Crippen LogP contribution in [-0.2, 0) is 19.1 Å². The van der Waals surface area contributed by atoms with E-state index in [4.69, 9.17) is 25.8 Å². The van der Waals surface area contributed by atoms with Gasteiger partial charge in [0.05, 0.1) is 12.2 Å². The van der Waals surface area contributed by atoms with Crippen LogP contribution in [0.25, 0.3) is 0 Å². The predicted molar refractivity (Wildman–Crippen MR) is 84.5 cm³/mol. The lowest BCUT2D eigenvalue weighted by molar-refractivity contribution is -0.158. The SMILES string of the molecule is C[C@@H]1CN(C(=O)COC(=O)COc2ccc(Cl)cc2)C[C@H](C)O1. The predicted octanol–water partition coefficient (Wildman–Crippen LogP) is 1.90. The summed E-state index contributed by atoms with van der Waals surface area (Å²) in [6, 6.07) is 6.62. The standard InChI is InChI=1S/C16H20ClNO5/c1-11-7-18(8-12(2)23-11)15(19)9-22-16(20)10-21-14-5-3-13(17)4-6-14/h3-6,11-12H,7-10H2,1-2H3/t11-,12+. The molecular formula is C16H20ClNO5. The fourth-order valence-corrected chi connectivity index (χ4v) is 2.46. The van der Waals surface area contributed by atoms with Crippen LogP contribution in [0.2, 0.25) is 5.02 Å². The zero-order valence-corrected chi connectivity index (χ0v) is 13.9. The number of hydrogen-bond acceptors (Lipinski definition) is 5. The molecule has 0 saturated carbocycles. The zero-order chi connectivity index (χ0) is 16.8. The van der Waals surface area contributed by atoms with Gasteiger partial charge in [-0.05, 0) is 38.1 Å². The molecule has 0 spiro atoms. The maximum atomic E-state index is 12.0. The fraction of sp³-hybridized carbons (Fsp3) is 0.500. The highest BCUT2D eigenvalue weighted by Gasteiger charge is 2.26. The minimum absolute atomic E-state index is 0.0216. The van der Waals surface area contributed by atoms with Crippen LogP contribution in [0.5, 0.6) is 5.75 Å². The van der Waals surface area contributed by atoms with Crippen LogP contribution in [0.4, 0.5) is 0 Å². The van der Waals surface area contributed by atoms with Crippen LogP contribution in [0.1, 0.15) is 13.8 Å². The molecular weight excluding hydrogens is 322 g/mol. The molecule has 7 heteroatoms. The molecule has 6 nitrogen and oxygen atoms in total. The van der Waals surface area contributed by atoms with Gasteiger partial charge in [-0.1, -0.05) is 11.6 Å². The van der Waals surface area contributed by atoms with Crippen molar-refractivity contribution in [1.29, 1.82) is 0 Å². The molecule has 2 rings (SSSR count). The molecule has 1 aromatic carbocycles. The first-order chi connectivity index (χ1) is 10.9. The molecule has 1 saturated heterocycles. The monoisotopic (exact) mass is 341 g/mol. The Hall–Kier alpha value is -1.79. The van der Waals surface area contributed by atoms with E-state index < -0.39 is 5.97 Å². The molecule has 1 aliphatic heterocycles. The highest BCUT2D eigenvalue weighted by molar-refractivity contribution is 6.30. The van der Waals surface area contributed by atoms with Crippen LogP contribution in [0, 0.1) is 0 Å². The largest absolute Gasteiger partial charge is 0.482 e. The number of ether oxygens (including phenoxy) is 3. The molecule has 1 aliphatic rings. The highest BCUT2D eigenvalue weighted by atomic mass is 35.5. The van der Waals surface area contributed by atoms with Crippen molar-refractivity contribution in [3.05, 3.63) is 29.3 Å². The maximum Gasteiger partial charge on any atom is 0.344 e. The van der Waals surface area contributed by atoms with Gasteiger partial charge in [0, 0.05) is 18.1 Å². The van der Waals surface area contributed by atoms with Crippen molar-refractivity contribution in [2.45, 2.75) is 26.1 Å². The summed E-state index contributed by atoms with van der Waals surface area (Å²) >= 11 is 5.76. The quantitative estimate of drug-likeness (QED) is 0.765. The van der Waals surface area contributed by atoms with Crippen LogP contribution in [0.3, 0.4) is 0 Å². The van der Waals surface area contributed by atoms with Gasteiger partial charge in [0.25, 0.3) is 5.91 Å². The Morgan fingerprint density at radius 1 is 1.17 bits per heavy atom. The number of benzene rings is 1. The molecule has 1 amide bonds. The minimum atomic E-state index is -0.595. The summed E-state index contributed by atoms with van der Waals surface area (Å²) in [6.45, 7) is 4.26. The molecule has 0 aromatic heterocycles. The first kappa shape index (κ1) is 17.6. The number of carbonyl (C=O) groups excluding carboxylic acids is 2. The normalized spacial score (nSPS) is 20.9. The van der Waals surface area contributed by atoms with E-state index >= 15 is 0 Å². The number of halogens is 1. The number of nitrogens with zero attached hydrogens (tertiary/aromatic N) is 1. The van der Waals surface area contributed by atoms with E-state index in [-0.39, 0.29) is 31.3 Å². The van der Waals surface area contributed by atoms with Crippen molar-refractivity contribution in [3.63, 3.8) is 0 Å². The average Bonchev–Trinajstić information content (AvgIpc) is 2.51. The third-order valence-corrected chi connectivity index (χ3v) is 3.55. The first-order valence-electron chi connectivity index (χ1n) is 7.41. The van der Waals surface area contributed by atoms with Gasteiger partial charge in [-0.25, -0.2) is 4.79 Å². The fourth-order valence-electron chi connectivity index (χ4n) is 2.33. The van der Waals surface area contributed by atoms with Crippen molar-refractivity contribution in [2.75, 3.05) is 26.3 Å². The van der Waals surface area contributed by atoms with E-state index in [1.54, 1.807) is 29.2 Å². The van der Waals surface area contributed by atoms with E-state index in [0.717, 1.165) is 0 Å². The first-order valence-corrected chi connectivity index (χ1v) is 7.79. The molecule has 1 aromatic rings. The van der Waals surface area contributed by atoms with Crippen LogP contribution in [0.15, 0.2) is 24.3 Å². The number of esters is 1. The zero-order valence-electron chi connectivity index (χ0n) is 13.2. The molecule has 0 aliphatic carbocycles. The summed E-state index contributed by atoms with van der Waals surface area (Å²) in [6.07, 6.45) is -0.0433. The third-order valence-electron chi connectivity index (χ3n) is 3.30. The van der Waals surface area contributed by atoms with Crippen molar-refractivity contribution in [1.82, 2.24) is 4.90 Å². The summed E-state index contributed by atoms with van der Waals surface area (Å²) < 4.78 is 15.8. The van der Waals surface area contributed by atoms with Gasteiger partial charge in [0.2, 0.25) is 0 Å². The number of hydrogen-bond donors (Lipinski definition) is 0. The van der Waals surface area contributed by atoms with Gasteiger partial charge in [-0.2, -0.15) is 0 Å². The number of carbonyl (C=O) groups is 2. The molecule has 0 unspecified atom stereocenters. The van der Waals surface area contributed by atoms with Gasteiger partial charge >= 0.3 is 5.97 Å². The summed E-state index contributed by atoms with van der Waals surface area (Å²) in [5.41, 5.74) is 0. The highest BCUT2D eigenvalue weighted by Crippen LogP contribution is 2.15. The Balaban J connectivity index is 1.71. The summed E-state index contributed by atoms with van der Waals surface area (Å²) in [5, 5.41) is 0.583. The molecule has 0 N–H and O–H groups in total. The van der Waals surface area contributed by atoms with Crippen LogP contribution >= 0.6 is 11.6 Å². The Labute approximate surface area is 140 Å². The van der Waals surface area contributed by atoms with Gasteiger partial charge in [0.15, 0.2) is 13.2 Å². The van der Waals surface area contributed by atoms with Crippen molar-refractivity contribution in [2.24, 2.45) is 0 Å². The molecule has 126 valence electrons. The lowest BCUT2D eigenvalue weighted by Crippen LogP contribution is -2.49. The Bertz CT molecular complexity index is 538. The van der Waals surface area contributed by atoms with Gasteiger partial charge in [-0.15, -0.1) is 0 Å². The molecule has 0 radical (unpaired) electrons. The Kier molecular flexibility index (Phi) is 6.24. The molecule has 1 fully saturated rings. The Morgan fingerprint density at radius 3 is 2.39 bits per heavy atom. The Morgan fingerprint density at radius 2 is 1.78 bits per heavy atom. The van der Waals surface area contributed by atoms with Crippen molar-refractivity contribution >= 4 is 23.5 Å². The summed E-state index contributed by atoms with van der Waals surface area (Å²) in [5.74, 6) is -0.317. The number of morpholine rings is 1. The minimum Gasteiger partial charge on any atom is -0.482 e. The molecule has 1 heterocycles. The van der Waals surface area contributed by atoms with E-state index in [9.17, 15) is 9.59 Å². The van der Waals surface area contributed by atoms with E-state index in [1.165, 1.54) is 0 Å². The van der Waals surface area contributed by atoms with Gasteiger partial charge in [-0.3, -0.25) is 4.79 Å². The molecule has 2 atom stereocenters. The van der Waals surface area contributed by atoms with E-state index in [2.05, 4.69) is 0 Å². The van der Waals surface area contributed by atoms with Gasteiger partial charge in [0.1, 0.15) is 5.75 Å². The molecule has 0 bridgehead atoms. The van der Waals surface area contributed by atoms with Crippen molar-refractivity contribution < 1.29 is 23.8 Å². The smallest absolute Gasteiger partial charge is 0.344 e. The van der Waals surface area contributed by atoms with Crippen LogP contribution in [-0.4, -0.2) is 55.3 Å². The second-order valence-corrected chi connectivity index (χ2v) is 5.90. The molecule has 23 heavy (non-hydrogen) atoms. The summed E-state index contributed by atoms with van der Waals surface area (Å²) in [4.78, 5) is 25.3. The topological polar surface area (TPSA) is 65.1 Å². The van der Waals surface area contributed by atoms with Crippen molar-refractivity contribution in [3.8, 4) is 5.75 Å². The third kappa shape index (κ3) is 5.73. The second kappa shape index (κ2) is 8.17. The second-order valence-electron chi connectivity index (χ2n) is 5.46.